The van der Waals surface area contributed by atoms with Crippen LogP contribution in [-0.2, 0) is 6.54 Å². The fraction of sp³-hybridized carbons (Fsp3) is 0.500. The van der Waals surface area contributed by atoms with E-state index in [-0.39, 0.29) is 24.3 Å². The van der Waals surface area contributed by atoms with Gasteiger partial charge in [0.1, 0.15) is 5.82 Å². The highest BCUT2D eigenvalue weighted by Gasteiger charge is 2.17. The highest BCUT2D eigenvalue weighted by atomic mass is 35.5. The topological polar surface area (TPSA) is 29.3 Å². The Morgan fingerprint density at radius 2 is 2.12 bits per heavy atom. The number of likely N-dealkylation sites (tertiary alicyclic amines) is 1. The zero-order valence-corrected chi connectivity index (χ0v) is 10.0. The first-order valence-corrected chi connectivity index (χ1v) is 5.47. The lowest BCUT2D eigenvalue weighted by molar-refractivity contribution is 0.199. The molecule has 2 rings (SSSR count). The molecular formula is C12H18ClFN2. The van der Waals surface area contributed by atoms with Crippen LogP contribution in [0.3, 0.4) is 0 Å². The molecule has 90 valence electrons. The first-order chi connectivity index (χ1) is 7.25. The van der Waals surface area contributed by atoms with Gasteiger partial charge in [0, 0.05) is 24.7 Å². The van der Waals surface area contributed by atoms with E-state index in [1.807, 2.05) is 12.1 Å². The molecule has 0 saturated carbocycles. The summed E-state index contributed by atoms with van der Waals surface area (Å²) in [6, 6.07) is 7.21. The Hall–Kier alpha value is -0.640. The van der Waals surface area contributed by atoms with Crippen molar-refractivity contribution in [3.8, 4) is 0 Å². The van der Waals surface area contributed by atoms with Crippen molar-refractivity contribution in [3.63, 3.8) is 0 Å². The van der Waals surface area contributed by atoms with E-state index in [1.54, 1.807) is 6.07 Å². The second kappa shape index (κ2) is 6.18. The maximum absolute atomic E-state index is 13.4. The molecule has 1 aliphatic rings. The van der Waals surface area contributed by atoms with Gasteiger partial charge in [0.25, 0.3) is 0 Å². The van der Waals surface area contributed by atoms with Gasteiger partial charge in [-0.3, -0.25) is 4.90 Å². The fourth-order valence-electron chi connectivity index (χ4n) is 2.10. The number of benzene rings is 1. The molecule has 1 atom stereocenters. The van der Waals surface area contributed by atoms with Crippen LogP contribution in [0.4, 0.5) is 4.39 Å². The molecule has 2 N–H and O–H groups in total. The van der Waals surface area contributed by atoms with E-state index in [4.69, 9.17) is 5.73 Å². The minimum absolute atomic E-state index is 0. The average molecular weight is 245 g/mol. The van der Waals surface area contributed by atoms with Crippen molar-refractivity contribution in [1.82, 2.24) is 4.90 Å². The summed E-state index contributed by atoms with van der Waals surface area (Å²) in [5, 5.41) is 0. The normalized spacial score (nSPS) is 21.5. The first kappa shape index (κ1) is 13.4. The number of piperidine rings is 1. The Kier molecular flexibility index (Phi) is 5.19. The van der Waals surface area contributed by atoms with Gasteiger partial charge >= 0.3 is 0 Å². The van der Waals surface area contributed by atoms with E-state index in [0.29, 0.717) is 6.54 Å². The predicted molar refractivity (Wildman–Crippen MR) is 66.1 cm³/mol. The van der Waals surface area contributed by atoms with Gasteiger partial charge in [-0.15, -0.1) is 12.4 Å². The van der Waals surface area contributed by atoms with Crippen molar-refractivity contribution in [3.05, 3.63) is 35.6 Å². The van der Waals surface area contributed by atoms with Crippen LogP contribution < -0.4 is 5.73 Å². The summed E-state index contributed by atoms with van der Waals surface area (Å²) in [6.07, 6.45) is 2.21. The third kappa shape index (κ3) is 3.44. The minimum atomic E-state index is -0.114. The van der Waals surface area contributed by atoms with E-state index in [2.05, 4.69) is 4.90 Å². The summed E-state index contributed by atoms with van der Waals surface area (Å²) in [4.78, 5) is 2.23. The molecule has 0 bridgehead atoms. The average Bonchev–Trinajstić information content (AvgIpc) is 2.22. The highest BCUT2D eigenvalue weighted by molar-refractivity contribution is 5.85. The zero-order chi connectivity index (χ0) is 10.7. The van der Waals surface area contributed by atoms with Gasteiger partial charge in [-0.25, -0.2) is 4.39 Å². The quantitative estimate of drug-likeness (QED) is 0.864. The molecule has 1 aliphatic heterocycles. The monoisotopic (exact) mass is 244 g/mol. The fourth-order valence-corrected chi connectivity index (χ4v) is 2.10. The van der Waals surface area contributed by atoms with Crippen LogP contribution in [0.2, 0.25) is 0 Å². The van der Waals surface area contributed by atoms with Crippen molar-refractivity contribution in [2.75, 3.05) is 13.1 Å². The molecule has 16 heavy (non-hydrogen) atoms. The Bertz CT molecular complexity index is 333. The van der Waals surface area contributed by atoms with E-state index in [1.165, 1.54) is 6.07 Å². The van der Waals surface area contributed by atoms with Crippen molar-refractivity contribution in [2.45, 2.75) is 25.4 Å². The van der Waals surface area contributed by atoms with Gasteiger partial charge in [-0.2, -0.15) is 0 Å². The van der Waals surface area contributed by atoms with Gasteiger partial charge in [-0.05, 0) is 25.5 Å². The Labute approximate surface area is 102 Å². The first-order valence-electron chi connectivity index (χ1n) is 5.47. The second-order valence-corrected chi connectivity index (χ2v) is 4.23. The molecule has 2 nitrogen and oxygen atoms in total. The number of halogens is 2. The second-order valence-electron chi connectivity index (χ2n) is 4.23. The molecule has 1 heterocycles. The number of rotatable bonds is 2. The summed E-state index contributed by atoms with van der Waals surface area (Å²) in [6.45, 7) is 2.59. The van der Waals surface area contributed by atoms with Crippen LogP contribution in [0.25, 0.3) is 0 Å². The Morgan fingerprint density at radius 3 is 2.81 bits per heavy atom. The third-order valence-corrected chi connectivity index (χ3v) is 2.89. The largest absolute Gasteiger partial charge is 0.327 e. The molecule has 0 amide bonds. The molecular weight excluding hydrogens is 227 g/mol. The van der Waals surface area contributed by atoms with E-state index in [9.17, 15) is 4.39 Å². The van der Waals surface area contributed by atoms with E-state index < -0.39 is 0 Å². The van der Waals surface area contributed by atoms with Gasteiger partial charge in [-0.1, -0.05) is 18.2 Å². The molecule has 0 radical (unpaired) electrons. The number of hydrogen-bond donors (Lipinski definition) is 1. The zero-order valence-electron chi connectivity index (χ0n) is 9.23. The van der Waals surface area contributed by atoms with Crippen LogP contribution in [0.15, 0.2) is 24.3 Å². The highest BCUT2D eigenvalue weighted by Crippen LogP contribution is 2.14. The SMILES string of the molecule is Cl.N[C@@H]1CCCN(Cc2ccccc2F)C1. The van der Waals surface area contributed by atoms with Crippen molar-refractivity contribution < 1.29 is 4.39 Å². The van der Waals surface area contributed by atoms with Crippen LogP contribution >= 0.6 is 12.4 Å². The maximum atomic E-state index is 13.4. The molecule has 1 fully saturated rings. The van der Waals surface area contributed by atoms with Gasteiger partial charge < -0.3 is 5.73 Å². The Balaban J connectivity index is 0.00000128. The van der Waals surface area contributed by atoms with Crippen molar-refractivity contribution >= 4 is 12.4 Å². The lowest BCUT2D eigenvalue weighted by Crippen LogP contribution is -2.42. The molecule has 0 unspecified atom stereocenters. The number of nitrogens with two attached hydrogens (primary N) is 1. The summed E-state index contributed by atoms with van der Waals surface area (Å²) >= 11 is 0. The van der Waals surface area contributed by atoms with Crippen LogP contribution in [0, 0.1) is 5.82 Å². The standard InChI is InChI=1S/C12H17FN2.ClH/c13-12-6-2-1-4-10(12)8-15-7-3-5-11(14)9-15;/h1-2,4,6,11H,3,5,7-9,14H2;1H/t11-;/m1./s1. The molecule has 4 heteroatoms. The maximum Gasteiger partial charge on any atom is 0.127 e. The smallest absolute Gasteiger partial charge is 0.127 e. The molecule has 0 aliphatic carbocycles. The van der Waals surface area contributed by atoms with Crippen LogP contribution in [0.5, 0.6) is 0 Å². The van der Waals surface area contributed by atoms with Gasteiger partial charge in [0.15, 0.2) is 0 Å². The summed E-state index contributed by atoms with van der Waals surface area (Å²) in [7, 11) is 0. The molecule has 1 aromatic rings. The minimum Gasteiger partial charge on any atom is -0.327 e. The van der Waals surface area contributed by atoms with Gasteiger partial charge in [0.2, 0.25) is 0 Å². The number of nitrogens with zero attached hydrogens (tertiary/aromatic N) is 1. The molecule has 1 aromatic carbocycles. The summed E-state index contributed by atoms with van der Waals surface area (Å²) < 4.78 is 13.4. The van der Waals surface area contributed by atoms with E-state index >= 15 is 0 Å². The molecule has 1 saturated heterocycles. The van der Waals surface area contributed by atoms with Gasteiger partial charge in [0.05, 0.1) is 0 Å². The van der Waals surface area contributed by atoms with Crippen LogP contribution in [0.1, 0.15) is 18.4 Å². The predicted octanol–water partition coefficient (Wildman–Crippen LogP) is 2.17. The van der Waals surface area contributed by atoms with Crippen molar-refractivity contribution in [1.29, 1.82) is 0 Å². The van der Waals surface area contributed by atoms with Crippen molar-refractivity contribution in [2.24, 2.45) is 5.73 Å². The van der Waals surface area contributed by atoms with Crippen LogP contribution in [-0.4, -0.2) is 24.0 Å². The summed E-state index contributed by atoms with van der Waals surface area (Å²) in [5.74, 6) is -0.114. The summed E-state index contributed by atoms with van der Waals surface area (Å²) in [5.41, 5.74) is 6.65. The number of hydrogen-bond acceptors (Lipinski definition) is 2. The Morgan fingerprint density at radius 1 is 1.38 bits per heavy atom. The lowest BCUT2D eigenvalue weighted by atomic mass is 10.1. The lowest BCUT2D eigenvalue weighted by Gasteiger charge is -2.30. The molecule has 0 spiro atoms. The molecule has 0 aromatic heterocycles. The van der Waals surface area contributed by atoms with E-state index in [0.717, 1.165) is 31.5 Å². The third-order valence-electron chi connectivity index (χ3n) is 2.89.